The molecule has 3 N–H and O–H groups in total. The highest BCUT2D eigenvalue weighted by atomic mass is 19.1. The van der Waals surface area contributed by atoms with Crippen LogP contribution in [0, 0.1) is 12.7 Å². The maximum absolute atomic E-state index is 13.3. The van der Waals surface area contributed by atoms with Crippen molar-refractivity contribution in [1.29, 1.82) is 0 Å². The molecule has 0 aliphatic heterocycles. The lowest BCUT2D eigenvalue weighted by Gasteiger charge is -2.09. The van der Waals surface area contributed by atoms with Gasteiger partial charge in [0.2, 0.25) is 0 Å². The average Bonchev–Trinajstić information content (AvgIpc) is 2.25. The summed E-state index contributed by atoms with van der Waals surface area (Å²) in [5.74, 6) is 0.364. The van der Waals surface area contributed by atoms with Crippen molar-refractivity contribution in [3.8, 4) is 0 Å². The molecule has 0 atom stereocenters. The van der Waals surface area contributed by atoms with Crippen LogP contribution in [0.2, 0.25) is 0 Å². The summed E-state index contributed by atoms with van der Waals surface area (Å²) in [6.45, 7) is 1.71. The molecule has 0 amide bonds. The highest BCUT2D eigenvalue weighted by Gasteiger charge is 2.03. The van der Waals surface area contributed by atoms with Gasteiger partial charge in [-0.25, -0.2) is 9.37 Å². The Balaban J connectivity index is 2.31. The summed E-state index contributed by atoms with van der Waals surface area (Å²) in [6.07, 6.45) is 1.60. The van der Waals surface area contributed by atoms with Crippen LogP contribution < -0.4 is 11.1 Å². The molecule has 0 bridgehead atoms. The topological polar surface area (TPSA) is 50.9 Å². The third-order valence-electron chi connectivity index (χ3n) is 2.31. The second-order valence-electron chi connectivity index (χ2n) is 3.51. The Morgan fingerprint density at radius 3 is 2.88 bits per heavy atom. The zero-order valence-electron chi connectivity index (χ0n) is 8.87. The van der Waals surface area contributed by atoms with Crippen molar-refractivity contribution in [3.63, 3.8) is 0 Å². The lowest BCUT2D eigenvalue weighted by atomic mass is 10.2. The lowest BCUT2D eigenvalue weighted by Crippen LogP contribution is -1.98. The van der Waals surface area contributed by atoms with Crippen molar-refractivity contribution >= 4 is 17.2 Å². The van der Waals surface area contributed by atoms with Crippen molar-refractivity contribution in [2.75, 3.05) is 11.1 Å². The van der Waals surface area contributed by atoms with Crippen molar-refractivity contribution in [2.24, 2.45) is 0 Å². The summed E-state index contributed by atoms with van der Waals surface area (Å²) < 4.78 is 13.3. The second-order valence-corrected chi connectivity index (χ2v) is 3.51. The van der Waals surface area contributed by atoms with Gasteiger partial charge in [0.05, 0.1) is 0 Å². The quantitative estimate of drug-likeness (QED) is 0.813. The number of nitrogens with two attached hydrogens (primary N) is 1. The number of anilines is 3. The summed E-state index contributed by atoms with van der Waals surface area (Å²) in [5.41, 5.74) is 7.50. The molecule has 3 nitrogen and oxygen atoms in total. The Labute approximate surface area is 93.1 Å². The molecule has 16 heavy (non-hydrogen) atoms. The smallest absolute Gasteiger partial charge is 0.132 e. The molecule has 4 heteroatoms. The van der Waals surface area contributed by atoms with Gasteiger partial charge >= 0.3 is 0 Å². The molecule has 0 unspecified atom stereocenters. The number of rotatable bonds is 2. The Morgan fingerprint density at radius 1 is 1.31 bits per heavy atom. The van der Waals surface area contributed by atoms with E-state index in [9.17, 15) is 4.39 Å². The van der Waals surface area contributed by atoms with Crippen LogP contribution >= 0.6 is 0 Å². The molecule has 0 aliphatic rings. The minimum absolute atomic E-state index is 0.242. The highest BCUT2D eigenvalue weighted by molar-refractivity contribution is 5.62. The van der Waals surface area contributed by atoms with Gasteiger partial charge < -0.3 is 11.1 Å². The van der Waals surface area contributed by atoms with Gasteiger partial charge in [0.1, 0.15) is 11.6 Å². The molecule has 1 aromatic heterocycles. The monoisotopic (exact) mass is 217 g/mol. The molecule has 0 aliphatic carbocycles. The first-order valence-corrected chi connectivity index (χ1v) is 4.90. The fourth-order valence-electron chi connectivity index (χ4n) is 1.40. The number of nitrogens with one attached hydrogen (secondary N) is 1. The number of pyridine rings is 1. The third kappa shape index (κ3) is 2.11. The van der Waals surface area contributed by atoms with Gasteiger partial charge in [-0.15, -0.1) is 0 Å². The number of aromatic nitrogens is 1. The van der Waals surface area contributed by atoms with Gasteiger partial charge in [-0.2, -0.15) is 0 Å². The van der Waals surface area contributed by atoms with Crippen molar-refractivity contribution < 1.29 is 4.39 Å². The molecule has 0 saturated heterocycles. The second kappa shape index (κ2) is 4.18. The normalized spacial score (nSPS) is 10.1. The van der Waals surface area contributed by atoms with E-state index in [1.165, 1.54) is 6.07 Å². The Bertz CT molecular complexity index is 511. The van der Waals surface area contributed by atoms with E-state index >= 15 is 0 Å². The fourth-order valence-corrected chi connectivity index (χ4v) is 1.40. The number of halogens is 1. The van der Waals surface area contributed by atoms with Crippen LogP contribution in [-0.4, -0.2) is 4.98 Å². The molecule has 82 valence electrons. The van der Waals surface area contributed by atoms with Crippen molar-refractivity contribution in [2.45, 2.75) is 6.92 Å². The maximum atomic E-state index is 13.3. The third-order valence-corrected chi connectivity index (χ3v) is 2.31. The molecule has 0 fully saturated rings. The number of benzene rings is 1. The predicted molar refractivity (Wildman–Crippen MR) is 63.1 cm³/mol. The molecule has 1 aromatic carbocycles. The van der Waals surface area contributed by atoms with Crippen molar-refractivity contribution in [3.05, 3.63) is 47.9 Å². The number of nitrogen functional groups attached to an aromatic ring is 1. The van der Waals surface area contributed by atoms with E-state index in [1.54, 1.807) is 37.4 Å². The zero-order chi connectivity index (χ0) is 11.5. The summed E-state index contributed by atoms with van der Waals surface area (Å²) in [7, 11) is 0. The number of hydrogen-bond acceptors (Lipinski definition) is 3. The molecule has 0 spiro atoms. The lowest BCUT2D eigenvalue weighted by molar-refractivity contribution is 0.619. The zero-order valence-corrected chi connectivity index (χ0v) is 8.87. The predicted octanol–water partition coefficient (Wildman–Crippen LogP) is 2.85. The molecule has 2 rings (SSSR count). The van der Waals surface area contributed by atoms with Gasteiger partial charge in [0.25, 0.3) is 0 Å². The van der Waals surface area contributed by atoms with E-state index in [1.807, 2.05) is 0 Å². The van der Waals surface area contributed by atoms with Crippen LogP contribution in [0.15, 0.2) is 36.5 Å². The van der Waals surface area contributed by atoms with Crippen LogP contribution in [0.1, 0.15) is 5.56 Å². The maximum Gasteiger partial charge on any atom is 0.132 e. The number of nitrogens with zero attached hydrogens (tertiary/aromatic N) is 1. The largest absolute Gasteiger partial charge is 0.399 e. The molecule has 1 heterocycles. The van der Waals surface area contributed by atoms with E-state index in [4.69, 9.17) is 5.73 Å². The van der Waals surface area contributed by atoms with E-state index in [0.717, 1.165) is 0 Å². The van der Waals surface area contributed by atoms with Gasteiger partial charge in [-0.3, -0.25) is 0 Å². The Morgan fingerprint density at radius 2 is 2.12 bits per heavy atom. The van der Waals surface area contributed by atoms with Crippen LogP contribution in [0.4, 0.5) is 21.6 Å². The summed E-state index contributed by atoms with van der Waals surface area (Å²) in [4.78, 5) is 4.09. The first-order chi connectivity index (χ1) is 7.66. The van der Waals surface area contributed by atoms with E-state index in [2.05, 4.69) is 10.3 Å². The Hall–Kier alpha value is -2.10. The van der Waals surface area contributed by atoms with Crippen molar-refractivity contribution in [1.82, 2.24) is 4.98 Å². The van der Waals surface area contributed by atoms with Crippen LogP contribution in [0.5, 0.6) is 0 Å². The van der Waals surface area contributed by atoms with E-state index in [0.29, 0.717) is 22.8 Å². The summed E-state index contributed by atoms with van der Waals surface area (Å²) in [6, 6.07) is 8.27. The summed E-state index contributed by atoms with van der Waals surface area (Å²) >= 11 is 0. The molecule has 0 radical (unpaired) electrons. The minimum Gasteiger partial charge on any atom is -0.399 e. The van der Waals surface area contributed by atoms with Crippen LogP contribution in [-0.2, 0) is 0 Å². The first-order valence-electron chi connectivity index (χ1n) is 4.90. The van der Waals surface area contributed by atoms with Gasteiger partial charge in [-0.1, -0.05) is 6.07 Å². The molecule has 0 saturated carbocycles. The van der Waals surface area contributed by atoms with Crippen LogP contribution in [0.25, 0.3) is 0 Å². The van der Waals surface area contributed by atoms with Gasteiger partial charge in [0, 0.05) is 29.2 Å². The number of hydrogen-bond donors (Lipinski definition) is 2. The van der Waals surface area contributed by atoms with E-state index < -0.39 is 0 Å². The average molecular weight is 217 g/mol. The van der Waals surface area contributed by atoms with Gasteiger partial charge in [-0.05, 0) is 25.1 Å². The van der Waals surface area contributed by atoms with Gasteiger partial charge in [0.15, 0.2) is 0 Å². The Kier molecular flexibility index (Phi) is 2.72. The van der Waals surface area contributed by atoms with Crippen LogP contribution in [0.3, 0.4) is 0 Å². The molecular formula is C12H12FN3. The molecular weight excluding hydrogens is 205 g/mol. The highest BCUT2D eigenvalue weighted by Crippen LogP contribution is 2.21. The minimum atomic E-state index is -0.242. The SMILES string of the molecule is Cc1c(F)cccc1Nc1cc(N)ccn1. The first kappa shape index (κ1) is 10.4. The fraction of sp³-hybridized carbons (Fsp3) is 0.0833. The summed E-state index contributed by atoms with van der Waals surface area (Å²) in [5, 5.41) is 3.02. The standard InChI is InChI=1S/C12H12FN3/c1-8-10(13)3-2-4-11(8)16-12-7-9(14)5-6-15-12/h2-7H,1H3,(H3,14,15,16). The molecule has 2 aromatic rings. The van der Waals surface area contributed by atoms with E-state index in [-0.39, 0.29) is 5.82 Å².